The summed E-state index contributed by atoms with van der Waals surface area (Å²) in [6, 6.07) is 2.18. The van der Waals surface area contributed by atoms with Crippen LogP contribution in [0.5, 0.6) is 0 Å². The van der Waals surface area contributed by atoms with Crippen LogP contribution in [0.3, 0.4) is 0 Å². The molecule has 2 nitrogen and oxygen atoms in total. The molecule has 0 bridgehead atoms. The molecule has 0 aromatic carbocycles. The molecule has 14 heavy (non-hydrogen) atoms. The Morgan fingerprint density at radius 3 is 2.86 bits per heavy atom. The number of hydrogen-bond donors (Lipinski definition) is 1. The molecule has 1 N–H and O–H groups in total. The summed E-state index contributed by atoms with van der Waals surface area (Å²) in [6.07, 6.45) is 10.0. The molecule has 1 fully saturated rings. The third kappa shape index (κ3) is 2.61. The lowest BCUT2D eigenvalue weighted by Crippen LogP contribution is -2.20. The number of nitrogens with one attached hydrogen (secondary N) is 1. The molecule has 2 rings (SSSR count). The fraction of sp³-hybridized carbons (Fsp3) is 0.667. The Balaban J connectivity index is 1.67. The van der Waals surface area contributed by atoms with E-state index in [4.69, 9.17) is 0 Å². The Hall–Kier alpha value is -0.760. The first-order chi connectivity index (χ1) is 6.84. The Morgan fingerprint density at radius 1 is 1.43 bits per heavy atom. The summed E-state index contributed by atoms with van der Waals surface area (Å²) < 4.78 is 2.10. The molecular formula is C12H20N2. The van der Waals surface area contributed by atoms with Crippen molar-refractivity contribution in [1.82, 2.24) is 9.88 Å². The molecule has 0 radical (unpaired) electrons. The molecule has 1 aromatic rings. The van der Waals surface area contributed by atoms with Gasteiger partial charge in [-0.05, 0) is 36.9 Å². The molecule has 0 saturated heterocycles. The minimum atomic E-state index is 0.943. The fourth-order valence-electron chi connectivity index (χ4n) is 2.30. The Labute approximate surface area is 86.3 Å². The van der Waals surface area contributed by atoms with Crippen LogP contribution in [-0.2, 0) is 13.6 Å². The summed E-state index contributed by atoms with van der Waals surface area (Å²) in [4.78, 5) is 0. The summed E-state index contributed by atoms with van der Waals surface area (Å²) in [6.45, 7) is 2.23. The van der Waals surface area contributed by atoms with Gasteiger partial charge in [0.2, 0.25) is 0 Å². The molecule has 1 heterocycles. The van der Waals surface area contributed by atoms with E-state index in [0.29, 0.717) is 0 Å². The van der Waals surface area contributed by atoms with Crippen molar-refractivity contribution in [3.8, 4) is 0 Å². The van der Waals surface area contributed by atoms with E-state index in [2.05, 4.69) is 35.4 Å². The maximum atomic E-state index is 3.54. The zero-order valence-corrected chi connectivity index (χ0v) is 9.00. The van der Waals surface area contributed by atoms with Crippen molar-refractivity contribution in [2.45, 2.75) is 32.2 Å². The van der Waals surface area contributed by atoms with Gasteiger partial charge in [-0.3, -0.25) is 0 Å². The summed E-state index contributed by atoms with van der Waals surface area (Å²) >= 11 is 0. The number of aromatic nitrogens is 1. The van der Waals surface area contributed by atoms with Crippen LogP contribution in [0.2, 0.25) is 0 Å². The average Bonchev–Trinajstić information content (AvgIpc) is 2.77. The van der Waals surface area contributed by atoms with Crippen molar-refractivity contribution >= 4 is 0 Å². The zero-order chi connectivity index (χ0) is 9.80. The van der Waals surface area contributed by atoms with Gasteiger partial charge < -0.3 is 9.88 Å². The highest BCUT2D eigenvalue weighted by Crippen LogP contribution is 2.23. The van der Waals surface area contributed by atoms with Gasteiger partial charge in [0.05, 0.1) is 0 Å². The normalized spacial score (nSPS) is 17.8. The van der Waals surface area contributed by atoms with Gasteiger partial charge in [-0.1, -0.05) is 12.8 Å². The number of aryl methyl sites for hydroxylation is 1. The maximum absolute atomic E-state index is 3.54. The van der Waals surface area contributed by atoms with Gasteiger partial charge >= 0.3 is 0 Å². The molecule has 1 aliphatic carbocycles. The summed E-state index contributed by atoms with van der Waals surface area (Å²) in [5.74, 6) is 0.943. The van der Waals surface area contributed by atoms with Gasteiger partial charge in [-0.25, -0.2) is 0 Å². The van der Waals surface area contributed by atoms with Gasteiger partial charge in [0.15, 0.2) is 0 Å². The highest BCUT2D eigenvalue weighted by molar-refractivity contribution is 5.09. The largest absolute Gasteiger partial charge is 0.357 e. The smallest absolute Gasteiger partial charge is 0.0220 e. The van der Waals surface area contributed by atoms with Crippen LogP contribution in [0, 0.1) is 5.92 Å². The van der Waals surface area contributed by atoms with E-state index in [1.807, 2.05) is 0 Å². The van der Waals surface area contributed by atoms with Crippen LogP contribution in [0.4, 0.5) is 0 Å². The molecule has 0 amide bonds. The Morgan fingerprint density at radius 2 is 2.21 bits per heavy atom. The van der Waals surface area contributed by atoms with Crippen LogP contribution in [0.25, 0.3) is 0 Å². The van der Waals surface area contributed by atoms with E-state index in [1.165, 1.54) is 37.8 Å². The third-order valence-corrected chi connectivity index (χ3v) is 3.13. The molecule has 1 saturated carbocycles. The van der Waals surface area contributed by atoms with E-state index < -0.39 is 0 Å². The fourth-order valence-corrected chi connectivity index (χ4v) is 2.30. The first kappa shape index (κ1) is 9.78. The van der Waals surface area contributed by atoms with Crippen LogP contribution in [0.15, 0.2) is 18.5 Å². The lowest BCUT2D eigenvalue weighted by Gasteiger charge is -2.09. The average molecular weight is 192 g/mol. The van der Waals surface area contributed by atoms with Crippen molar-refractivity contribution in [2.75, 3.05) is 6.54 Å². The quantitative estimate of drug-likeness (QED) is 0.774. The second kappa shape index (κ2) is 4.65. The van der Waals surface area contributed by atoms with E-state index in [9.17, 15) is 0 Å². The first-order valence-corrected chi connectivity index (χ1v) is 5.66. The topological polar surface area (TPSA) is 17.0 Å². The molecular weight excluding hydrogens is 172 g/mol. The van der Waals surface area contributed by atoms with Gasteiger partial charge in [0, 0.05) is 26.0 Å². The van der Waals surface area contributed by atoms with Gasteiger partial charge in [-0.15, -0.1) is 0 Å². The lowest BCUT2D eigenvalue weighted by molar-refractivity contribution is 0.489. The Bertz CT molecular complexity index is 272. The van der Waals surface area contributed by atoms with Crippen LogP contribution < -0.4 is 5.32 Å². The maximum Gasteiger partial charge on any atom is 0.0220 e. The van der Waals surface area contributed by atoms with Gasteiger partial charge in [0.25, 0.3) is 0 Å². The van der Waals surface area contributed by atoms with E-state index in [1.54, 1.807) is 0 Å². The van der Waals surface area contributed by atoms with Crippen molar-refractivity contribution in [2.24, 2.45) is 13.0 Å². The lowest BCUT2D eigenvalue weighted by atomic mass is 10.1. The molecule has 1 aliphatic rings. The minimum absolute atomic E-state index is 0.943. The molecule has 0 aliphatic heterocycles. The van der Waals surface area contributed by atoms with Crippen molar-refractivity contribution in [3.63, 3.8) is 0 Å². The number of rotatable bonds is 4. The van der Waals surface area contributed by atoms with Crippen LogP contribution >= 0.6 is 0 Å². The van der Waals surface area contributed by atoms with Gasteiger partial charge in [0.1, 0.15) is 0 Å². The first-order valence-electron chi connectivity index (χ1n) is 5.66. The minimum Gasteiger partial charge on any atom is -0.357 e. The van der Waals surface area contributed by atoms with Crippen molar-refractivity contribution < 1.29 is 0 Å². The third-order valence-electron chi connectivity index (χ3n) is 3.13. The van der Waals surface area contributed by atoms with E-state index in [-0.39, 0.29) is 0 Å². The van der Waals surface area contributed by atoms with E-state index in [0.717, 1.165) is 12.5 Å². The summed E-state index contributed by atoms with van der Waals surface area (Å²) in [5, 5.41) is 3.54. The number of hydrogen-bond acceptors (Lipinski definition) is 1. The zero-order valence-electron chi connectivity index (χ0n) is 9.00. The Kier molecular flexibility index (Phi) is 3.25. The molecule has 1 aromatic heterocycles. The molecule has 0 atom stereocenters. The molecule has 78 valence electrons. The summed E-state index contributed by atoms with van der Waals surface area (Å²) in [5.41, 5.74) is 1.39. The number of nitrogens with zero attached hydrogens (tertiary/aromatic N) is 1. The highest BCUT2D eigenvalue weighted by Gasteiger charge is 2.13. The SMILES string of the molecule is Cn1ccc(CNCC2CCCC2)c1. The monoisotopic (exact) mass is 192 g/mol. The van der Waals surface area contributed by atoms with E-state index >= 15 is 0 Å². The summed E-state index contributed by atoms with van der Waals surface area (Å²) in [7, 11) is 2.07. The van der Waals surface area contributed by atoms with Crippen molar-refractivity contribution in [1.29, 1.82) is 0 Å². The second-order valence-electron chi connectivity index (χ2n) is 4.47. The standard InChI is InChI=1S/C12H20N2/c1-14-7-6-12(10-14)9-13-8-11-4-2-3-5-11/h6-7,10-11,13H,2-5,8-9H2,1H3. The highest BCUT2D eigenvalue weighted by atomic mass is 14.9. The second-order valence-corrected chi connectivity index (χ2v) is 4.47. The van der Waals surface area contributed by atoms with Gasteiger partial charge in [-0.2, -0.15) is 0 Å². The molecule has 0 unspecified atom stereocenters. The van der Waals surface area contributed by atoms with Crippen LogP contribution in [0.1, 0.15) is 31.2 Å². The molecule has 0 spiro atoms. The predicted octanol–water partition coefficient (Wildman–Crippen LogP) is 2.30. The molecule has 2 heteroatoms. The van der Waals surface area contributed by atoms with Crippen LogP contribution in [-0.4, -0.2) is 11.1 Å². The van der Waals surface area contributed by atoms with Crippen molar-refractivity contribution in [3.05, 3.63) is 24.0 Å². The predicted molar refractivity (Wildman–Crippen MR) is 59.1 cm³/mol.